The Balaban J connectivity index is 1.78. The van der Waals surface area contributed by atoms with Crippen LogP contribution in [-0.2, 0) is 4.79 Å². The zero-order valence-corrected chi connectivity index (χ0v) is 11.6. The fraction of sp³-hybridized carbons (Fsp3) is 0.933. The zero-order valence-electron chi connectivity index (χ0n) is 11.6. The van der Waals surface area contributed by atoms with Crippen molar-refractivity contribution >= 4 is 5.91 Å². The van der Waals surface area contributed by atoms with Gasteiger partial charge >= 0.3 is 0 Å². The molecule has 0 aliphatic heterocycles. The molecule has 2 N–H and O–H groups in total. The third kappa shape index (κ3) is 2.29. The molecule has 4 saturated carbocycles. The molecule has 0 aromatic carbocycles. The Bertz CT molecular complexity index is 314. The average molecular weight is 267 g/mol. The Morgan fingerprint density at radius 2 is 1.37 bits per heavy atom. The van der Waals surface area contributed by atoms with E-state index in [0.717, 1.165) is 37.0 Å². The summed E-state index contributed by atoms with van der Waals surface area (Å²) in [6.07, 6.45) is 7.12. The molecule has 108 valence electrons. The zero-order chi connectivity index (χ0) is 13.5. The Hall–Kier alpha value is -0.610. The minimum absolute atomic E-state index is 0.0158. The van der Waals surface area contributed by atoms with Crippen LogP contribution in [0, 0.1) is 23.2 Å². The van der Waals surface area contributed by atoms with Gasteiger partial charge in [0, 0.05) is 13.1 Å². The molecular formula is C15H25NO3. The number of amides is 1. The van der Waals surface area contributed by atoms with E-state index >= 15 is 0 Å². The first-order valence-electron chi connectivity index (χ1n) is 7.68. The minimum atomic E-state index is -0.154. The predicted octanol–water partition coefficient (Wildman–Crippen LogP) is 1.02. The van der Waals surface area contributed by atoms with E-state index in [1.54, 1.807) is 4.90 Å². The first-order chi connectivity index (χ1) is 9.16. The maximum absolute atomic E-state index is 12.9. The fourth-order valence-electron chi connectivity index (χ4n) is 5.26. The van der Waals surface area contributed by atoms with Crippen LogP contribution in [0.4, 0.5) is 0 Å². The molecule has 1 amide bonds. The van der Waals surface area contributed by atoms with Crippen molar-refractivity contribution < 1.29 is 15.0 Å². The van der Waals surface area contributed by atoms with Crippen molar-refractivity contribution in [1.29, 1.82) is 0 Å². The molecular weight excluding hydrogens is 242 g/mol. The summed E-state index contributed by atoms with van der Waals surface area (Å²) in [6, 6.07) is 0. The van der Waals surface area contributed by atoms with Crippen LogP contribution in [-0.4, -0.2) is 47.3 Å². The van der Waals surface area contributed by atoms with E-state index in [-0.39, 0.29) is 24.5 Å². The summed E-state index contributed by atoms with van der Waals surface area (Å²) in [5.41, 5.74) is -0.154. The molecule has 0 radical (unpaired) electrons. The summed E-state index contributed by atoms with van der Waals surface area (Å²) >= 11 is 0. The van der Waals surface area contributed by atoms with Gasteiger partial charge in [0.2, 0.25) is 5.91 Å². The lowest BCUT2D eigenvalue weighted by atomic mass is 9.49. The molecule has 0 unspecified atom stereocenters. The number of aliphatic hydroxyl groups excluding tert-OH is 2. The first kappa shape index (κ1) is 13.4. The van der Waals surface area contributed by atoms with E-state index in [1.165, 1.54) is 19.3 Å². The molecule has 19 heavy (non-hydrogen) atoms. The quantitative estimate of drug-likeness (QED) is 0.781. The number of carbonyl (C=O) groups excluding carboxylic acids is 1. The van der Waals surface area contributed by atoms with Gasteiger partial charge in [0.15, 0.2) is 0 Å². The number of carbonyl (C=O) groups is 1. The lowest BCUT2D eigenvalue weighted by molar-refractivity contribution is -0.158. The van der Waals surface area contributed by atoms with Crippen molar-refractivity contribution in [3.63, 3.8) is 0 Å². The van der Waals surface area contributed by atoms with E-state index in [1.807, 2.05) is 0 Å². The summed E-state index contributed by atoms with van der Waals surface area (Å²) in [4.78, 5) is 14.6. The topological polar surface area (TPSA) is 60.8 Å². The molecule has 0 aromatic heterocycles. The molecule has 0 atom stereocenters. The van der Waals surface area contributed by atoms with Gasteiger partial charge in [-0.05, 0) is 56.3 Å². The van der Waals surface area contributed by atoms with E-state index in [2.05, 4.69) is 0 Å². The molecule has 4 fully saturated rings. The van der Waals surface area contributed by atoms with Crippen molar-refractivity contribution in [2.75, 3.05) is 26.3 Å². The Morgan fingerprint density at radius 3 is 1.74 bits per heavy atom. The normalized spacial score (nSPS) is 39.6. The van der Waals surface area contributed by atoms with Crippen LogP contribution in [0.3, 0.4) is 0 Å². The first-order valence-corrected chi connectivity index (χ1v) is 7.68. The number of rotatable bonds is 5. The van der Waals surface area contributed by atoms with Gasteiger partial charge in [0.05, 0.1) is 18.6 Å². The smallest absolute Gasteiger partial charge is 0.228 e. The number of hydrogen-bond acceptors (Lipinski definition) is 3. The third-order valence-electron chi connectivity index (χ3n) is 5.52. The van der Waals surface area contributed by atoms with Crippen molar-refractivity contribution in [2.45, 2.75) is 38.5 Å². The van der Waals surface area contributed by atoms with Crippen LogP contribution < -0.4 is 0 Å². The van der Waals surface area contributed by atoms with Gasteiger partial charge in [0.1, 0.15) is 0 Å². The van der Waals surface area contributed by atoms with Crippen LogP contribution in [0.15, 0.2) is 0 Å². The van der Waals surface area contributed by atoms with E-state index in [9.17, 15) is 4.79 Å². The highest BCUT2D eigenvalue weighted by Crippen LogP contribution is 2.60. The second-order valence-electron chi connectivity index (χ2n) is 6.94. The van der Waals surface area contributed by atoms with Crippen LogP contribution in [0.1, 0.15) is 38.5 Å². The highest BCUT2D eigenvalue weighted by molar-refractivity contribution is 5.83. The lowest BCUT2D eigenvalue weighted by Crippen LogP contribution is -2.55. The third-order valence-corrected chi connectivity index (χ3v) is 5.52. The van der Waals surface area contributed by atoms with Gasteiger partial charge < -0.3 is 15.1 Å². The Morgan fingerprint density at radius 1 is 0.947 bits per heavy atom. The van der Waals surface area contributed by atoms with Crippen LogP contribution in [0.5, 0.6) is 0 Å². The van der Waals surface area contributed by atoms with Crippen LogP contribution >= 0.6 is 0 Å². The summed E-state index contributed by atoms with van der Waals surface area (Å²) in [6.45, 7) is 0.693. The van der Waals surface area contributed by atoms with Gasteiger partial charge in [-0.25, -0.2) is 0 Å². The highest BCUT2D eigenvalue weighted by atomic mass is 16.3. The summed E-state index contributed by atoms with van der Waals surface area (Å²) in [5, 5.41) is 18.2. The van der Waals surface area contributed by atoms with Gasteiger partial charge in [-0.1, -0.05) is 0 Å². The Kier molecular flexibility index (Phi) is 3.56. The van der Waals surface area contributed by atoms with E-state index in [0.29, 0.717) is 13.1 Å². The molecule has 4 aliphatic carbocycles. The van der Waals surface area contributed by atoms with E-state index in [4.69, 9.17) is 10.2 Å². The highest BCUT2D eigenvalue weighted by Gasteiger charge is 2.55. The average Bonchev–Trinajstić information content (AvgIpc) is 2.36. The molecule has 4 bridgehead atoms. The molecule has 0 heterocycles. The van der Waals surface area contributed by atoms with Crippen molar-refractivity contribution in [1.82, 2.24) is 4.90 Å². The second kappa shape index (κ2) is 5.06. The van der Waals surface area contributed by atoms with Gasteiger partial charge in [-0.3, -0.25) is 4.79 Å². The molecule has 0 spiro atoms. The monoisotopic (exact) mass is 267 g/mol. The molecule has 4 heteroatoms. The second-order valence-corrected chi connectivity index (χ2v) is 6.94. The van der Waals surface area contributed by atoms with Crippen molar-refractivity contribution in [3.8, 4) is 0 Å². The molecule has 4 nitrogen and oxygen atoms in total. The van der Waals surface area contributed by atoms with Gasteiger partial charge in [-0.15, -0.1) is 0 Å². The largest absolute Gasteiger partial charge is 0.395 e. The molecule has 0 saturated heterocycles. The molecule has 0 aromatic rings. The standard InChI is InChI=1S/C15H25NO3/c17-3-1-16(2-4-18)14(19)15-8-11-5-12(9-15)7-13(6-11)10-15/h11-13,17-18H,1-10H2. The molecule has 4 aliphatic rings. The minimum Gasteiger partial charge on any atom is -0.395 e. The number of nitrogens with zero attached hydrogens (tertiary/aromatic N) is 1. The summed E-state index contributed by atoms with van der Waals surface area (Å²) in [5.74, 6) is 2.45. The van der Waals surface area contributed by atoms with Gasteiger partial charge in [-0.2, -0.15) is 0 Å². The lowest BCUT2D eigenvalue weighted by Gasteiger charge is -2.56. The maximum Gasteiger partial charge on any atom is 0.228 e. The predicted molar refractivity (Wildman–Crippen MR) is 71.4 cm³/mol. The number of hydrogen-bond donors (Lipinski definition) is 2. The maximum atomic E-state index is 12.9. The van der Waals surface area contributed by atoms with E-state index < -0.39 is 0 Å². The van der Waals surface area contributed by atoms with Gasteiger partial charge in [0.25, 0.3) is 0 Å². The van der Waals surface area contributed by atoms with Crippen molar-refractivity contribution in [3.05, 3.63) is 0 Å². The number of aliphatic hydroxyl groups is 2. The SMILES string of the molecule is O=C(N(CCO)CCO)C12CC3CC(CC(C3)C1)C2. The Labute approximate surface area is 114 Å². The van der Waals surface area contributed by atoms with Crippen molar-refractivity contribution in [2.24, 2.45) is 23.2 Å². The fourth-order valence-corrected chi connectivity index (χ4v) is 5.26. The van der Waals surface area contributed by atoms with Crippen LogP contribution in [0.25, 0.3) is 0 Å². The van der Waals surface area contributed by atoms with Crippen LogP contribution in [0.2, 0.25) is 0 Å². The summed E-state index contributed by atoms with van der Waals surface area (Å²) in [7, 11) is 0. The molecule has 4 rings (SSSR count). The summed E-state index contributed by atoms with van der Waals surface area (Å²) < 4.78 is 0.